The zero-order valence-electron chi connectivity index (χ0n) is 21.5. The maximum atomic E-state index is 12.6. The number of hydrogen-bond acceptors (Lipinski definition) is 4. The quantitative estimate of drug-likeness (QED) is 0.213. The molecule has 2 rings (SSSR count). The highest BCUT2D eigenvalue weighted by atomic mass is 16.5. The van der Waals surface area contributed by atoms with Crippen LogP contribution in [0, 0.1) is 13.8 Å². The van der Waals surface area contributed by atoms with E-state index in [1.807, 2.05) is 32.0 Å². The lowest BCUT2D eigenvalue weighted by Crippen LogP contribution is -2.22. The van der Waals surface area contributed by atoms with Crippen LogP contribution < -0.4 is 10.6 Å². The van der Waals surface area contributed by atoms with Crippen LogP contribution in [0.2, 0.25) is 0 Å². The minimum atomic E-state index is -0.653. The van der Waals surface area contributed by atoms with Gasteiger partial charge in [-0.05, 0) is 55.7 Å². The number of nitrogens with one attached hydrogen (secondary N) is 2. The summed E-state index contributed by atoms with van der Waals surface area (Å²) < 4.78 is 5.20. The number of carbonyl (C=O) groups excluding carboxylic acids is 3. The second kappa shape index (κ2) is 15.7. The molecule has 0 saturated carbocycles. The molecule has 6 nitrogen and oxygen atoms in total. The van der Waals surface area contributed by atoms with Gasteiger partial charge in [-0.15, -0.1) is 0 Å². The summed E-state index contributed by atoms with van der Waals surface area (Å²) in [5.74, 6) is -1.20. The third-order valence-corrected chi connectivity index (χ3v) is 5.77. The van der Waals surface area contributed by atoms with Gasteiger partial charge < -0.3 is 15.4 Å². The lowest BCUT2D eigenvalue weighted by molar-refractivity contribution is -0.119. The summed E-state index contributed by atoms with van der Waals surface area (Å²) in [4.78, 5) is 37.2. The maximum absolute atomic E-state index is 12.6. The molecule has 0 heterocycles. The molecule has 0 aliphatic carbocycles. The standard InChI is InChI=1S/C29H40N2O4/c1-4-5-6-7-8-9-10-11-12-17-27(32)31-26-16-14-13-15-25(26)29(34)35-21-28(33)30-24-19-22(2)18-23(3)20-24/h13-16,18-20H,4-12,17,21H2,1-3H3,(H,30,33)(H,31,32). The summed E-state index contributed by atoms with van der Waals surface area (Å²) in [5.41, 5.74) is 3.35. The Morgan fingerprint density at radius 3 is 2.00 bits per heavy atom. The summed E-state index contributed by atoms with van der Waals surface area (Å²) in [6, 6.07) is 12.4. The van der Waals surface area contributed by atoms with Gasteiger partial charge >= 0.3 is 5.97 Å². The smallest absolute Gasteiger partial charge is 0.340 e. The topological polar surface area (TPSA) is 84.5 Å². The third kappa shape index (κ3) is 11.2. The number of unbranched alkanes of at least 4 members (excludes halogenated alkanes) is 8. The van der Waals surface area contributed by atoms with Gasteiger partial charge in [0.05, 0.1) is 11.3 Å². The van der Waals surface area contributed by atoms with Gasteiger partial charge in [-0.2, -0.15) is 0 Å². The Balaban J connectivity index is 1.75. The first-order valence-corrected chi connectivity index (χ1v) is 12.8. The van der Waals surface area contributed by atoms with Crippen molar-refractivity contribution >= 4 is 29.2 Å². The summed E-state index contributed by atoms with van der Waals surface area (Å²) >= 11 is 0. The summed E-state index contributed by atoms with van der Waals surface area (Å²) in [5, 5.41) is 5.56. The predicted octanol–water partition coefficient (Wildman–Crippen LogP) is 6.96. The van der Waals surface area contributed by atoms with E-state index in [9.17, 15) is 14.4 Å². The Morgan fingerprint density at radius 1 is 0.743 bits per heavy atom. The van der Waals surface area contributed by atoms with Crippen LogP contribution in [-0.4, -0.2) is 24.4 Å². The fourth-order valence-corrected chi connectivity index (χ4v) is 4.03. The van der Waals surface area contributed by atoms with Crippen molar-refractivity contribution < 1.29 is 19.1 Å². The molecule has 2 amide bonds. The molecule has 0 radical (unpaired) electrons. The monoisotopic (exact) mass is 480 g/mol. The number of carbonyl (C=O) groups is 3. The zero-order valence-corrected chi connectivity index (χ0v) is 21.5. The van der Waals surface area contributed by atoms with Crippen molar-refractivity contribution in [2.75, 3.05) is 17.2 Å². The first-order valence-electron chi connectivity index (χ1n) is 12.8. The van der Waals surface area contributed by atoms with Crippen molar-refractivity contribution in [3.05, 3.63) is 59.2 Å². The van der Waals surface area contributed by atoms with E-state index < -0.39 is 18.5 Å². The van der Waals surface area contributed by atoms with Crippen LogP contribution in [0.5, 0.6) is 0 Å². The normalized spacial score (nSPS) is 10.6. The summed E-state index contributed by atoms with van der Waals surface area (Å²) in [7, 11) is 0. The van der Waals surface area contributed by atoms with E-state index in [2.05, 4.69) is 17.6 Å². The van der Waals surface area contributed by atoms with Crippen molar-refractivity contribution in [3.63, 3.8) is 0 Å². The average Bonchev–Trinajstić information content (AvgIpc) is 2.81. The Hall–Kier alpha value is -3.15. The minimum absolute atomic E-state index is 0.124. The number of anilines is 2. The molecule has 2 N–H and O–H groups in total. The van der Waals surface area contributed by atoms with Crippen LogP contribution in [0.3, 0.4) is 0 Å². The van der Waals surface area contributed by atoms with Gasteiger partial charge in [0.2, 0.25) is 5.91 Å². The van der Waals surface area contributed by atoms with Crippen LogP contribution in [0.25, 0.3) is 0 Å². The van der Waals surface area contributed by atoms with Crippen LogP contribution >= 0.6 is 0 Å². The van der Waals surface area contributed by atoms with E-state index in [4.69, 9.17) is 4.74 Å². The maximum Gasteiger partial charge on any atom is 0.340 e. The fourth-order valence-electron chi connectivity index (χ4n) is 4.03. The molecule has 0 saturated heterocycles. The van der Waals surface area contributed by atoms with Crippen LogP contribution in [0.15, 0.2) is 42.5 Å². The second-order valence-electron chi connectivity index (χ2n) is 9.17. The molecule has 0 aromatic heterocycles. The number of benzene rings is 2. The number of amides is 2. The number of para-hydroxylation sites is 1. The molecular formula is C29H40N2O4. The van der Waals surface area contributed by atoms with E-state index in [-0.39, 0.29) is 11.5 Å². The average molecular weight is 481 g/mol. The highest BCUT2D eigenvalue weighted by Crippen LogP contribution is 2.18. The number of rotatable bonds is 15. The molecule has 0 atom stereocenters. The molecule has 0 aliphatic heterocycles. The van der Waals surface area contributed by atoms with Crippen molar-refractivity contribution in [2.45, 2.75) is 85.0 Å². The molecule has 0 aliphatic rings. The first-order chi connectivity index (χ1) is 16.9. The molecule has 35 heavy (non-hydrogen) atoms. The van der Waals surface area contributed by atoms with Gasteiger partial charge in [0.25, 0.3) is 5.91 Å². The van der Waals surface area contributed by atoms with Crippen molar-refractivity contribution in [2.24, 2.45) is 0 Å². The molecule has 2 aromatic carbocycles. The van der Waals surface area contributed by atoms with Gasteiger partial charge in [-0.25, -0.2) is 4.79 Å². The van der Waals surface area contributed by atoms with E-state index in [1.54, 1.807) is 24.3 Å². The SMILES string of the molecule is CCCCCCCCCCCC(=O)Nc1ccccc1C(=O)OCC(=O)Nc1cc(C)cc(C)c1. The zero-order chi connectivity index (χ0) is 25.5. The fraction of sp³-hybridized carbons (Fsp3) is 0.483. The lowest BCUT2D eigenvalue weighted by atomic mass is 10.1. The van der Waals surface area contributed by atoms with Gasteiger partial charge in [-0.1, -0.05) is 76.5 Å². The number of esters is 1. The molecule has 0 spiro atoms. The largest absolute Gasteiger partial charge is 0.452 e. The van der Waals surface area contributed by atoms with Crippen LogP contribution in [-0.2, 0) is 14.3 Å². The van der Waals surface area contributed by atoms with Gasteiger partial charge in [0.15, 0.2) is 6.61 Å². The van der Waals surface area contributed by atoms with Gasteiger partial charge in [-0.3, -0.25) is 9.59 Å². The van der Waals surface area contributed by atoms with Crippen LogP contribution in [0.1, 0.15) is 92.6 Å². The molecular weight excluding hydrogens is 440 g/mol. The van der Waals surface area contributed by atoms with Gasteiger partial charge in [0.1, 0.15) is 0 Å². The molecule has 190 valence electrons. The van der Waals surface area contributed by atoms with E-state index in [1.165, 1.54) is 38.5 Å². The molecule has 0 fully saturated rings. The van der Waals surface area contributed by atoms with E-state index >= 15 is 0 Å². The van der Waals surface area contributed by atoms with E-state index in [0.29, 0.717) is 17.8 Å². The Morgan fingerprint density at radius 2 is 1.34 bits per heavy atom. The number of hydrogen-bond donors (Lipinski definition) is 2. The molecule has 0 unspecified atom stereocenters. The Bertz CT molecular complexity index is 951. The molecule has 2 aromatic rings. The molecule has 6 heteroatoms. The minimum Gasteiger partial charge on any atom is -0.452 e. The Labute approximate surface area is 209 Å². The Kier molecular flexibility index (Phi) is 12.6. The van der Waals surface area contributed by atoms with Crippen molar-refractivity contribution in [1.29, 1.82) is 0 Å². The summed E-state index contributed by atoms with van der Waals surface area (Å²) in [6.45, 7) is 5.71. The van der Waals surface area contributed by atoms with E-state index in [0.717, 1.165) is 30.4 Å². The predicted molar refractivity (Wildman–Crippen MR) is 142 cm³/mol. The first kappa shape index (κ1) is 28.1. The lowest BCUT2D eigenvalue weighted by Gasteiger charge is -2.11. The third-order valence-electron chi connectivity index (χ3n) is 5.77. The van der Waals surface area contributed by atoms with Crippen LogP contribution in [0.4, 0.5) is 11.4 Å². The van der Waals surface area contributed by atoms with Crippen molar-refractivity contribution in [1.82, 2.24) is 0 Å². The summed E-state index contributed by atoms with van der Waals surface area (Å²) in [6.07, 6.45) is 11.1. The molecule has 0 bridgehead atoms. The number of ether oxygens (including phenoxy) is 1. The van der Waals surface area contributed by atoms with Crippen molar-refractivity contribution in [3.8, 4) is 0 Å². The van der Waals surface area contributed by atoms with Gasteiger partial charge in [0, 0.05) is 12.1 Å². The highest BCUT2D eigenvalue weighted by Gasteiger charge is 2.16. The number of aryl methyl sites for hydroxylation is 2. The highest BCUT2D eigenvalue weighted by molar-refractivity contribution is 6.02. The second-order valence-corrected chi connectivity index (χ2v) is 9.17.